The molecule has 1 aliphatic rings. The van der Waals surface area contributed by atoms with Gasteiger partial charge in [0, 0.05) is 13.1 Å². The molecule has 0 aromatic carbocycles. The fourth-order valence-electron chi connectivity index (χ4n) is 1.67. The van der Waals surface area contributed by atoms with Gasteiger partial charge in [0.05, 0.1) is 5.60 Å². The van der Waals surface area contributed by atoms with Gasteiger partial charge in [0.25, 0.3) is 0 Å². The summed E-state index contributed by atoms with van der Waals surface area (Å²) in [5, 5.41) is 8.65. The molecule has 1 unspecified atom stereocenters. The van der Waals surface area contributed by atoms with Crippen molar-refractivity contribution in [3.05, 3.63) is 0 Å². The van der Waals surface area contributed by atoms with Gasteiger partial charge in [-0.15, -0.1) is 0 Å². The van der Waals surface area contributed by atoms with Crippen LogP contribution in [0.25, 0.3) is 0 Å². The highest BCUT2D eigenvalue weighted by atomic mass is 16.5. The molecule has 0 radical (unpaired) electrons. The minimum absolute atomic E-state index is 0.281. The molecule has 0 aromatic heterocycles. The molecule has 7 nitrogen and oxygen atoms in total. The first-order valence-corrected chi connectivity index (χ1v) is 5.65. The molecule has 2 amide bonds. The van der Waals surface area contributed by atoms with Crippen molar-refractivity contribution >= 4 is 18.3 Å². The molecule has 7 heteroatoms. The van der Waals surface area contributed by atoms with E-state index in [9.17, 15) is 14.4 Å². The Kier molecular flexibility index (Phi) is 4.28. The number of nitrogens with zero attached hydrogens (tertiary/aromatic N) is 2. The molecule has 1 fully saturated rings. The summed E-state index contributed by atoms with van der Waals surface area (Å²) in [6, 6.07) is -0.487. The number of hydrogen-bond acceptors (Lipinski definition) is 4. The number of amides is 2. The van der Waals surface area contributed by atoms with E-state index in [0.717, 1.165) is 0 Å². The monoisotopic (exact) mass is 258 g/mol. The van der Waals surface area contributed by atoms with Crippen LogP contribution in [0.4, 0.5) is 4.79 Å². The van der Waals surface area contributed by atoms with Gasteiger partial charge in [-0.05, 0) is 20.8 Å². The predicted octanol–water partition coefficient (Wildman–Crippen LogP) is 0.149. The Morgan fingerprint density at radius 3 is 2.56 bits per heavy atom. The van der Waals surface area contributed by atoms with Gasteiger partial charge in [-0.2, -0.15) is 0 Å². The molecule has 0 spiro atoms. The van der Waals surface area contributed by atoms with Gasteiger partial charge < -0.3 is 14.7 Å². The number of carbonyl (C=O) groups excluding carboxylic acids is 2. The van der Waals surface area contributed by atoms with Crippen molar-refractivity contribution in [3.63, 3.8) is 0 Å². The molecule has 1 atom stereocenters. The van der Waals surface area contributed by atoms with Crippen LogP contribution in [-0.4, -0.2) is 64.7 Å². The van der Waals surface area contributed by atoms with Crippen LogP contribution in [0.3, 0.4) is 0 Å². The Labute approximate surface area is 105 Å². The Hall–Kier alpha value is -1.63. The van der Waals surface area contributed by atoms with Crippen molar-refractivity contribution in [2.24, 2.45) is 0 Å². The van der Waals surface area contributed by atoms with Gasteiger partial charge in [-0.25, -0.2) is 4.79 Å². The number of aliphatic carboxylic acids is 1. The van der Waals surface area contributed by atoms with Gasteiger partial charge in [0.15, 0.2) is 12.5 Å². The summed E-state index contributed by atoms with van der Waals surface area (Å²) in [6.07, 6.45) is -0.427. The molecule has 1 heterocycles. The number of hydrogen-bond donors (Lipinski definition) is 1. The lowest BCUT2D eigenvalue weighted by atomic mass is 10.2. The average molecular weight is 258 g/mol. The van der Waals surface area contributed by atoms with E-state index < -0.39 is 23.8 Å². The van der Waals surface area contributed by atoms with E-state index in [4.69, 9.17) is 9.84 Å². The molecule has 1 saturated heterocycles. The summed E-state index contributed by atoms with van der Waals surface area (Å²) in [6.45, 7) is 5.53. The summed E-state index contributed by atoms with van der Waals surface area (Å²) in [4.78, 5) is 35.8. The third-order valence-electron chi connectivity index (χ3n) is 2.35. The second-order valence-corrected chi connectivity index (χ2v) is 5.05. The van der Waals surface area contributed by atoms with Crippen LogP contribution >= 0.6 is 0 Å². The van der Waals surface area contributed by atoms with Crippen molar-refractivity contribution in [2.75, 3.05) is 19.6 Å². The molecule has 0 saturated carbocycles. The average Bonchev–Trinajstić information content (AvgIpc) is 2.55. The maximum Gasteiger partial charge on any atom is 0.323 e. The van der Waals surface area contributed by atoms with Crippen LogP contribution < -0.4 is 0 Å². The van der Waals surface area contributed by atoms with E-state index in [1.54, 1.807) is 20.8 Å². The Morgan fingerprint density at radius 1 is 1.50 bits per heavy atom. The number of ether oxygens (including phenoxy) is 1. The lowest BCUT2D eigenvalue weighted by molar-refractivity contribution is -0.144. The quantitative estimate of drug-likeness (QED) is 0.709. The molecule has 0 aromatic rings. The first-order valence-electron chi connectivity index (χ1n) is 5.65. The fraction of sp³-hybridized carbons (Fsp3) is 0.727. The van der Waals surface area contributed by atoms with Crippen molar-refractivity contribution < 1.29 is 24.2 Å². The van der Waals surface area contributed by atoms with Crippen molar-refractivity contribution in [3.8, 4) is 0 Å². The van der Waals surface area contributed by atoms with Crippen LogP contribution in [0.1, 0.15) is 20.8 Å². The number of rotatable bonds is 5. The minimum Gasteiger partial charge on any atom is -0.480 e. The molecule has 1 rings (SSSR count). The number of carboxylic acid groups (broad SMARTS) is 1. The maximum absolute atomic E-state index is 11.9. The summed E-state index contributed by atoms with van der Waals surface area (Å²) >= 11 is 0. The van der Waals surface area contributed by atoms with Gasteiger partial charge in [-0.1, -0.05) is 0 Å². The highest BCUT2D eigenvalue weighted by molar-refractivity contribution is 5.83. The molecule has 1 aliphatic heterocycles. The number of carbonyl (C=O) groups is 3. The van der Waals surface area contributed by atoms with Gasteiger partial charge in [0.1, 0.15) is 6.54 Å². The van der Waals surface area contributed by atoms with E-state index >= 15 is 0 Å². The van der Waals surface area contributed by atoms with Crippen LogP contribution in [-0.2, 0) is 14.3 Å². The SMILES string of the molecule is CC(C)(C)OC(C=O)N1CCN(CC(=O)O)C1=O. The largest absolute Gasteiger partial charge is 0.480 e. The third kappa shape index (κ3) is 3.69. The van der Waals surface area contributed by atoms with Gasteiger partial charge in [0.2, 0.25) is 0 Å². The zero-order chi connectivity index (χ0) is 13.9. The minimum atomic E-state index is -1.08. The number of carboxylic acids is 1. The van der Waals surface area contributed by atoms with Gasteiger partial charge in [-0.3, -0.25) is 14.5 Å². The summed E-state index contributed by atoms with van der Waals surface area (Å²) in [5.74, 6) is -1.08. The Balaban J connectivity index is 2.69. The maximum atomic E-state index is 11.9. The Morgan fingerprint density at radius 2 is 2.11 bits per heavy atom. The number of aldehydes is 1. The standard InChI is InChI=1S/C11H18N2O5/c1-11(2,3)18-8(7-14)13-5-4-12(10(13)17)6-9(15)16/h7-8H,4-6H2,1-3H3,(H,15,16). The highest BCUT2D eigenvalue weighted by Gasteiger charge is 2.36. The molecule has 1 N–H and O–H groups in total. The summed E-state index contributed by atoms with van der Waals surface area (Å²) in [5.41, 5.74) is -0.563. The van der Waals surface area contributed by atoms with E-state index in [0.29, 0.717) is 6.29 Å². The summed E-state index contributed by atoms with van der Waals surface area (Å²) < 4.78 is 5.46. The molecular weight excluding hydrogens is 240 g/mol. The van der Waals surface area contributed by atoms with E-state index in [1.165, 1.54) is 9.80 Å². The summed E-state index contributed by atoms with van der Waals surface area (Å²) in [7, 11) is 0. The first-order chi connectivity index (χ1) is 8.24. The lowest BCUT2D eigenvalue weighted by Gasteiger charge is -2.29. The zero-order valence-corrected chi connectivity index (χ0v) is 10.8. The van der Waals surface area contributed by atoms with E-state index in [1.807, 2.05) is 0 Å². The zero-order valence-electron chi connectivity index (χ0n) is 10.8. The molecular formula is C11H18N2O5. The Bertz CT molecular complexity index is 350. The fourth-order valence-corrected chi connectivity index (χ4v) is 1.67. The lowest BCUT2D eigenvalue weighted by Crippen LogP contribution is -2.45. The molecule has 18 heavy (non-hydrogen) atoms. The topological polar surface area (TPSA) is 87.2 Å². The van der Waals surface area contributed by atoms with Crippen molar-refractivity contribution in [1.82, 2.24) is 9.80 Å². The van der Waals surface area contributed by atoms with Crippen molar-refractivity contribution in [2.45, 2.75) is 32.6 Å². The van der Waals surface area contributed by atoms with Crippen LogP contribution in [0.2, 0.25) is 0 Å². The van der Waals surface area contributed by atoms with Crippen LogP contribution in [0.5, 0.6) is 0 Å². The second-order valence-electron chi connectivity index (χ2n) is 5.05. The highest BCUT2D eigenvalue weighted by Crippen LogP contribution is 2.17. The van der Waals surface area contributed by atoms with Gasteiger partial charge >= 0.3 is 12.0 Å². The first kappa shape index (κ1) is 14.4. The third-order valence-corrected chi connectivity index (χ3v) is 2.35. The van der Waals surface area contributed by atoms with Crippen molar-refractivity contribution in [1.29, 1.82) is 0 Å². The van der Waals surface area contributed by atoms with E-state index in [2.05, 4.69) is 0 Å². The smallest absolute Gasteiger partial charge is 0.323 e. The predicted molar refractivity (Wildman–Crippen MR) is 62.0 cm³/mol. The van der Waals surface area contributed by atoms with E-state index in [-0.39, 0.29) is 19.6 Å². The van der Waals surface area contributed by atoms with Crippen LogP contribution in [0.15, 0.2) is 0 Å². The second kappa shape index (κ2) is 5.34. The number of urea groups is 1. The normalized spacial score (nSPS) is 18.1. The molecule has 0 bridgehead atoms. The molecule has 0 aliphatic carbocycles. The molecule has 102 valence electrons. The van der Waals surface area contributed by atoms with Crippen LogP contribution in [0, 0.1) is 0 Å².